The summed E-state index contributed by atoms with van der Waals surface area (Å²) >= 11 is 0. The number of quaternary nitrogens is 1. The van der Waals surface area contributed by atoms with Crippen molar-refractivity contribution in [1.29, 1.82) is 0 Å². The molecular weight excluding hydrogens is 344 g/mol. The van der Waals surface area contributed by atoms with Crippen molar-refractivity contribution in [2.24, 2.45) is 0 Å². The summed E-state index contributed by atoms with van der Waals surface area (Å²) in [6, 6.07) is 13.5. The van der Waals surface area contributed by atoms with Crippen LogP contribution in [0.3, 0.4) is 0 Å². The molecule has 2 atom stereocenters. The van der Waals surface area contributed by atoms with Crippen LogP contribution in [0, 0.1) is 0 Å². The Balaban J connectivity index is 1.91. The van der Waals surface area contributed by atoms with Gasteiger partial charge in [0, 0.05) is 17.3 Å². The molecule has 6 nitrogen and oxygen atoms in total. The molecule has 1 aliphatic heterocycles. The Hall–Kier alpha value is -2.99. The number of hydrogen-bond acceptors (Lipinski definition) is 4. The standard InChI is InChI=1S/C21H22N2O4/c1-25-12-8-9-18(26-2)15(10-12)20-19-14(11-17(23-20)21(24)27-3)13-6-4-5-7-16(13)22-19/h4-10,17,20,22-23H,11H2,1-3H3/p+1/t17-,20+/m0/s1. The summed E-state index contributed by atoms with van der Waals surface area (Å²) in [5, 5.41) is 3.18. The van der Waals surface area contributed by atoms with Gasteiger partial charge in [0.25, 0.3) is 0 Å². The number of benzene rings is 2. The predicted molar refractivity (Wildman–Crippen MR) is 101 cm³/mol. The molecule has 3 aromatic rings. The second kappa shape index (κ2) is 6.96. The number of ether oxygens (including phenoxy) is 3. The smallest absolute Gasteiger partial charge is 0.364 e. The molecule has 0 amide bonds. The number of nitrogens with two attached hydrogens (primary N) is 1. The Kier molecular flexibility index (Phi) is 4.49. The van der Waals surface area contributed by atoms with Gasteiger partial charge in [-0.1, -0.05) is 18.2 Å². The zero-order chi connectivity index (χ0) is 19.0. The molecule has 27 heavy (non-hydrogen) atoms. The summed E-state index contributed by atoms with van der Waals surface area (Å²) in [6.45, 7) is 0. The van der Waals surface area contributed by atoms with E-state index < -0.39 is 0 Å². The summed E-state index contributed by atoms with van der Waals surface area (Å²) in [5.41, 5.74) is 4.26. The lowest BCUT2D eigenvalue weighted by Gasteiger charge is -2.28. The topological polar surface area (TPSA) is 77.2 Å². The lowest BCUT2D eigenvalue weighted by molar-refractivity contribution is -0.712. The number of hydrogen-bond donors (Lipinski definition) is 2. The third kappa shape index (κ3) is 2.92. The molecule has 3 N–H and O–H groups in total. The summed E-state index contributed by atoms with van der Waals surface area (Å²) < 4.78 is 16.1. The maximum atomic E-state index is 12.4. The summed E-state index contributed by atoms with van der Waals surface area (Å²) in [4.78, 5) is 15.9. The number of aromatic nitrogens is 1. The van der Waals surface area contributed by atoms with E-state index in [9.17, 15) is 4.79 Å². The van der Waals surface area contributed by atoms with E-state index in [1.807, 2.05) is 35.6 Å². The average Bonchev–Trinajstić information content (AvgIpc) is 3.10. The number of H-pyrrole nitrogens is 1. The fourth-order valence-electron chi connectivity index (χ4n) is 3.98. The van der Waals surface area contributed by atoms with Crippen LogP contribution in [-0.4, -0.2) is 38.3 Å². The first-order chi connectivity index (χ1) is 13.2. The minimum Gasteiger partial charge on any atom is -0.497 e. The number of methoxy groups -OCH3 is 3. The molecule has 0 saturated carbocycles. The third-order valence-electron chi connectivity index (χ3n) is 5.28. The Morgan fingerprint density at radius 3 is 2.67 bits per heavy atom. The lowest BCUT2D eigenvalue weighted by Crippen LogP contribution is -2.94. The molecule has 1 aliphatic rings. The molecule has 0 unspecified atom stereocenters. The highest BCUT2D eigenvalue weighted by molar-refractivity contribution is 5.86. The number of fused-ring (bicyclic) bond motifs is 3. The Labute approximate surface area is 157 Å². The highest BCUT2D eigenvalue weighted by Gasteiger charge is 2.39. The molecular formula is C21H23N2O4+. The molecule has 0 bridgehead atoms. The van der Waals surface area contributed by atoms with E-state index in [-0.39, 0.29) is 18.1 Å². The fraction of sp³-hybridized carbons (Fsp3) is 0.286. The zero-order valence-corrected chi connectivity index (χ0v) is 15.6. The first-order valence-electron chi connectivity index (χ1n) is 8.90. The minimum absolute atomic E-state index is 0.129. The zero-order valence-electron chi connectivity index (χ0n) is 15.6. The van der Waals surface area contributed by atoms with Gasteiger partial charge in [0.1, 0.15) is 11.5 Å². The third-order valence-corrected chi connectivity index (χ3v) is 5.28. The largest absolute Gasteiger partial charge is 0.497 e. The van der Waals surface area contributed by atoms with Crippen LogP contribution in [0.2, 0.25) is 0 Å². The van der Waals surface area contributed by atoms with Crippen molar-refractivity contribution in [3.05, 3.63) is 59.3 Å². The SMILES string of the molecule is COC(=O)[C@@H]1Cc2c([nH]c3ccccc23)[C@@H](c2cc(OC)ccc2OC)[NH2+]1. The lowest BCUT2D eigenvalue weighted by atomic mass is 9.90. The highest BCUT2D eigenvalue weighted by atomic mass is 16.5. The number of carbonyl (C=O) groups excluding carboxylic acids is 1. The van der Waals surface area contributed by atoms with Crippen LogP contribution < -0.4 is 14.8 Å². The van der Waals surface area contributed by atoms with E-state index in [2.05, 4.69) is 17.1 Å². The van der Waals surface area contributed by atoms with Gasteiger partial charge in [-0.3, -0.25) is 0 Å². The van der Waals surface area contributed by atoms with Gasteiger partial charge in [0.15, 0.2) is 12.1 Å². The maximum Gasteiger partial charge on any atom is 0.364 e. The molecule has 4 rings (SSSR count). The van der Waals surface area contributed by atoms with E-state index in [1.165, 1.54) is 7.11 Å². The molecule has 2 heterocycles. The van der Waals surface area contributed by atoms with E-state index >= 15 is 0 Å². The number of esters is 1. The Morgan fingerprint density at radius 1 is 1.11 bits per heavy atom. The number of carbonyl (C=O) groups is 1. The Morgan fingerprint density at radius 2 is 1.93 bits per heavy atom. The second-order valence-electron chi connectivity index (χ2n) is 6.67. The summed E-state index contributed by atoms with van der Waals surface area (Å²) in [7, 11) is 4.72. The average molecular weight is 367 g/mol. The number of para-hydroxylation sites is 1. The molecule has 6 heteroatoms. The van der Waals surface area contributed by atoms with E-state index in [4.69, 9.17) is 14.2 Å². The Bertz CT molecular complexity index is 995. The van der Waals surface area contributed by atoms with Crippen LogP contribution in [0.4, 0.5) is 0 Å². The molecule has 0 fully saturated rings. The van der Waals surface area contributed by atoms with Crippen LogP contribution in [-0.2, 0) is 16.0 Å². The number of rotatable bonds is 4. The van der Waals surface area contributed by atoms with E-state index in [0.717, 1.165) is 39.2 Å². The summed E-state index contributed by atoms with van der Waals surface area (Å²) in [6.07, 6.45) is 0.620. The number of aromatic amines is 1. The van der Waals surface area contributed by atoms with Gasteiger partial charge in [-0.15, -0.1) is 0 Å². The quantitative estimate of drug-likeness (QED) is 0.691. The molecule has 0 radical (unpaired) electrons. The van der Waals surface area contributed by atoms with Gasteiger partial charge in [0.05, 0.1) is 32.6 Å². The first-order valence-corrected chi connectivity index (χ1v) is 8.90. The van der Waals surface area contributed by atoms with Crippen LogP contribution in [0.15, 0.2) is 42.5 Å². The maximum absolute atomic E-state index is 12.4. The van der Waals surface area contributed by atoms with Crippen LogP contribution in [0.1, 0.15) is 22.9 Å². The van der Waals surface area contributed by atoms with Crippen molar-refractivity contribution in [3.63, 3.8) is 0 Å². The molecule has 0 aliphatic carbocycles. The predicted octanol–water partition coefficient (Wildman–Crippen LogP) is 1.94. The molecule has 2 aromatic carbocycles. The molecule has 0 spiro atoms. The van der Waals surface area contributed by atoms with Crippen molar-refractivity contribution in [3.8, 4) is 11.5 Å². The summed E-state index contributed by atoms with van der Waals surface area (Å²) in [5.74, 6) is 1.28. The monoisotopic (exact) mass is 367 g/mol. The number of nitrogens with one attached hydrogen (secondary N) is 1. The van der Waals surface area contributed by atoms with Crippen molar-refractivity contribution in [2.75, 3.05) is 21.3 Å². The van der Waals surface area contributed by atoms with Crippen LogP contribution in [0.25, 0.3) is 10.9 Å². The molecule has 140 valence electrons. The van der Waals surface area contributed by atoms with Crippen LogP contribution >= 0.6 is 0 Å². The second-order valence-corrected chi connectivity index (χ2v) is 6.67. The highest BCUT2D eigenvalue weighted by Crippen LogP contribution is 2.36. The van der Waals surface area contributed by atoms with E-state index in [0.29, 0.717) is 6.42 Å². The van der Waals surface area contributed by atoms with Crippen molar-refractivity contribution < 1.29 is 24.3 Å². The van der Waals surface area contributed by atoms with Gasteiger partial charge in [-0.2, -0.15) is 0 Å². The van der Waals surface area contributed by atoms with Crippen molar-refractivity contribution >= 4 is 16.9 Å². The van der Waals surface area contributed by atoms with Crippen molar-refractivity contribution in [2.45, 2.75) is 18.5 Å². The van der Waals surface area contributed by atoms with Gasteiger partial charge in [0.2, 0.25) is 0 Å². The van der Waals surface area contributed by atoms with Gasteiger partial charge >= 0.3 is 5.97 Å². The van der Waals surface area contributed by atoms with Gasteiger partial charge in [-0.25, -0.2) is 4.79 Å². The van der Waals surface area contributed by atoms with E-state index in [1.54, 1.807) is 14.2 Å². The normalized spacial score (nSPS) is 18.8. The molecule has 1 aromatic heterocycles. The van der Waals surface area contributed by atoms with Gasteiger partial charge < -0.3 is 24.5 Å². The van der Waals surface area contributed by atoms with Crippen molar-refractivity contribution in [1.82, 2.24) is 4.98 Å². The van der Waals surface area contributed by atoms with Crippen LogP contribution in [0.5, 0.6) is 11.5 Å². The minimum atomic E-state index is -0.317. The van der Waals surface area contributed by atoms with Gasteiger partial charge in [-0.05, 0) is 29.8 Å². The molecule has 0 saturated heterocycles. The fourth-order valence-corrected chi connectivity index (χ4v) is 3.98. The first kappa shape index (κ1) is 17.4.